The summed E-state index contributed by atoms with van der Waals surface area (Å²) in [6.45, 7) is 2.26. The van der Waals surface area contributed by atoms with Crippen molar-refractivity contribution in [3.05, 3.63) is 52.3 Å². The average Bonchev–Trinajstić information content (AvgIpc) is 2.78. The number of aromatic nitrogens is 2. The molecular formula is C13H16BrN3O. The van der Waals surface area contributed by atoms with Gasteiger partial charge in [0.2, 0.25) is 0 Å². The molecule has 0 aliphatic carbocycles. The van der Waals surface area contributed by atoms with Crippen molar-refractivity contribution < 1.29 is 5.11 Å². The highest BCUT2D eigenvalue weighted by atomic mass is 79.9. The SMILES string of the molecule is OCCn1cc(CNCc2cccc(Br)c2)cn1. The summed E-state index contributed by atoms with van der Waals surface area (Å²) in [6, 6.07) is 8.23. The van der Waals surface area contributed by atoms with Gasteiger partial charge in [0.05, 0.1) is 19.3 Å². The Morgan fingerprint density at radius 2 is 2.11 bits per heavy atom. The first-order chi connectivity index (χ1) is 8.78. The Labute approximate surface area is 115 Å². The van der Waals surface area contributed by atoms with Crippen LogP contribution < -0.4 is 5.32 Å². The molecule has 0 bridgehead atoms. The summed E-state index contributed by atoms with van der Waals surface area (Å²) >= 11 is 3.45. The fourth-order valence-electron chi connectivity index (χ4n) is 1.72. The summed E-state index contributed by atoms with van der Waals surface area (Å²) in [4.78, 5) is 0. The minimum absolute atomic E-state index is 0.118. The quantitative estimate of drug-likeness (QED) is 0.857. The molecule has 0 radical (unpaired) electrons. The van der Waals surface area contributed by atoms with Crippen LogP contribution in [0.25, 0.3) is 0 Å². The van der Waals surface area contributed by atoms with Crippen LogP contribution in [0.2, 0.25) is 0 Å². The summed E-state index contributed by atoms with van der Waals surface area (Å²) in [6.07, 6.45) is 3.77. The number of halogens is 1. The first-order valence-corrected chi connectivity index (χ1v) is 6.64. The maximum absolute atomic E-state index is 8.80. The van der Waals surface area contributed by atoms with Crippen LogP contribution in [0.5, 0.6) is 0 Å². The number of aliphatic hydroxyl groups is 1. The van der Waals surface area contributed by atoms with Crippen molar-refractivity contribution in [2.45, 2.75) is 19.6 Å². The second kappa shape index (κ2) is 6.68. The number of hydrogen-bond donors (Lipinski definition) is 2. The van der Waals surface area contributed by atoms with Crippen LogP contribution >= 0.6 is 15.9 Å². The van der Waals surface area contributed by atoms with E-state index in [2.05, 4.69) is 38.5 Å². The molecule has 1 heterocycles. The molecule has 0 unspecified atom stereocenters. The third kappa shape index (κ3) is 3.94. The maximum atomic E-state index is 8.80. The molecule has 2 aromatic rings. The third-order valence-corrected chi connectivity index (χ3v) is 3.06. The first kappa shape index (κ1) is 13.3. The molecule has 2 N–H and O–H groups in total. The van der Waals surface area contributed by atoms with E-state index in [0.29, 0.717) is 6.54 Å². The van der Waals surface area contributed by atoms with E-state index < -0.39 is 0 Å². The highest BCUT2D eigenvalue weighted by Crippen LogP contribution is 2.11. The Morgan fingerprint density at radius 1 is 1.28 bits per heavy atom. The van der Waals surface area contributed by atoms with Gasteiger partial charge in [-0.1, -0.05) is 28.1 Å². The molecule has 96 valence electrons. The van der Waals surface area contributed by atoms with Crippen molar-refractivity contribution in [2.24, 2.45) is 0 Å². The topological polar surface area (TPSA) is 50.1 Å². The van der Waals surface area contributed by atoms with Crippen LogP contribution in [-0.4, -0.2) is 21.5 Å². The van der Waals surface area contributed by atoms with E-state index in [-0.39, 0.29) is 6.61 Å². The molecule has 4 nitrogen and oxygen atoms in total. The van der Waals surface area contributed by atoms with Crippen LogP contribution in [0.1, 0.15) is 11.1 Å². The van der Waals surface area contributed by atoms with Crippen LogP contribution in [0.4, 0.5) is 0 Å². The fraction of sp³-hybridized carbons (Fsp3) is 0.308. The predicted octanol–water partition coefficient (Wildman–Crippen LogP) is 1.93. The molecule has 5 heteroatoms. The van der Waals surface area contributed by atoms with Gasteiger partial charge in [-0.25, -0.2) is 0 Å². The Bertz CT molecular complexity index is 498. The van der Waals surface area contributed by atoms with Gasteiger partial charge in [0, 0.05) is 29.3 Å². The molecule has 1 aromatic heterocycles. The number of nitrogens with zero attached hydrogens (tertiary/aromatic N) is 2. The first-order valence-electron chi connectivity index (χ1n) is 5.85. The summed E-state index contributed by atoms with van der Waals surface area (Å²) in [7, 11) is 0. The summed E-state index contributed by atoms with van der Waals surface area (Å²) in [5.41, 5.74) is 2.37. The zero-order chi connectivity index (χ0) is 12.8. The number of hydrogen-bond acceptors (Lipinski definition) is 3. The van der Waals surface area contributed by atoms with Gasteiger partial charge in [0.1, 0.15) is 0 Å². The summed E-state index contributed by atoms with van der Waals surface area (Å²) < 4.78 is 2.84. The van der Waals surface area contributed by atoms with E-state index in [1.54, 1.807) is 4.68 Å². The predicted molar refractivity (Wildman–Crippen MR) is 74.0 cm³/mol. The number of nitrogens with one attached hydrogen (secondary N) is 1. The molecule has 0 atom stereocenters. The van der Waals surface area contributed by atoms with Crippen molar-refractivity contribution >= 4 is 15.9 Å². The average molecular weight is 310 g/mol. The molecule has 0 saturated heterocycles. The number of rotatable bonds is 6. The molecule has 0 amide bonds. The van der Waals surface area contributed by atoms with Gasteiger partial charge in [-0.05, 0) is 17.7 Å². The molecule has 0 aliphatic heterocycles. The van der Waals surface area contributed by atoms with Gasteiger partial charge in [-0.15, -0.1) is 0 Å². The van der Waals surface area contributed by atoms with Crippen LogP contribution in [-0.2, 0) is 19.6 Å². The highest BCUT2D eigenvalue weighted by Gasteiger charge is 1.98. The number of benzene rings is 1. The van der Waals surface area contributed by atoms with Crippen LogP contribution in [0.3, 0.4) is 0 Å². The van der Waals surface area contributed by atoms with Gasteiger partial charge >= 0.3 is 0 Å². The molecule has 0 fully saturated rings. The number of aliphatic hydroxyl groups excluding tert-OH is 1. The lowest BCUT2D eigenvalue weighted by atomic mass is 10.2. The fourth-order valence-corrected chi connectivity index (χ4v) is 2.17. The van der Waals surface area contributed by atoms with E-state index in [9.17, 15) is 0 Å². The lowest BCUT2D eigenvalue weighted by Gasteiger charge is -2.03. The van der Waals surface area contributed by atoms with Crippen LogP contribution in [0, 0.1) is 0 Å². The highest BCUT2D eigenvalue weighted by molar-refractivity contribution is 9.10. The summed E-state index contributed by atoms with van der Waals surface area (Å²) in [5.74, 6) is 0. The Balaban J connectivity index is 1.81. The second-order valence-corrected chi connectivity index (χ2v) is 4.98. The summed E-state index contributed by atoms with van der Waals surface area (Å²) in [5, 5.41) is 16.3. The Hall–Kier alpha value is -1.17. The van der Waals surface area contributed by atoms with Gasteiger partial charge in [0.25, 0.3) is 0 Å². The maximum Gasteiger partial charge on any atom is 0.0640 e. The zero-order valence-corrected chi connectivity index (χ0v) is 11.6. The third-order valence-electron chi connectivity index (χ3n) is 2.56. The zero-order valence-electron chi connectivity index (χ0n) is 10.0. The molecule has 0 saturated carbocycles. The van der Waals surface area contributed by atoms with Crippen molar-refractivity contribution in [1.29, 1.82) is 0 Å². The molecule has 0 aliphatic rings. The minimum Gasteiger partial charge on any atom is -0.394 e. The molecule has 18 heavy (non-hydrogen) atoms. The van der Waals surface area contributed by atoms with Crippen molar-refractivity contribution in [3.8, 4) is 0 Å². The lowest BCUT2D eigenvalue weighted by Crippen LogP contribution is -2.12. The Kier molecular flexibility index (Phi) is 4.92. The smallest absolute Gasteiger partial charge is 0.0640 e. The molecular weight excluding hydrogens is 294 g/mol. The van der Waals surface area contributed by atoms with Gasteiger partial charge in [-0.2, -0.15) is 5.10 Å². The minimum atomic E-state index is 0.118. The van der Waals surface area contributed by atoms with E-state index in [1.165, 1.54) is 5.56 Å². The largest absolute Gasteiger partial charge is 0.394 e. The molecule has 1 aromatic carbocycles. The van der Waals surface area contributed by atoms with E-state index in [1.807, 2.05) is 24.5 Å². The molecule has 0 spiro atoms. The monoisotopic (exact) mass is 309 g/mol. The second-order valence-electron chi connectivity index (χ2n) is 4.07. The lowest BCUT2D eigenvalue weighted by molar-refractivity contribution is 0.269. The van der Waals surface area contributed by atoms with Gasteiger partial charge < -0.3 is 10.4 Å². The normalized spacial score (nSPS) is 10.8. The van der Waals surface area contributed by atoms with E-state index >= 15 is 0 Å². The van der Waals surface area contributed by atoms with Gasteiger partial charge in [-0.3, -0.25) is 4.68 Å². The molecule has 2 rings (SSSR count). The Morgan fingerprint density at radius 3 is 2.89 bits per heavy atom. The van der Waals surface area contributed by atoms with Crippen LogP contribution in [0.15, 0.2) is 41.1 Å². The van der Waals surface area contributed by atoms with Crippen molar-refractivity contribution in [1.82, 2.24) is 15.1 Å². The standard InChI is InChI=1S/C13H16BrN3O/c14-13-3-1-2-11(6-13)7-15-8-12-9-16-17(10-12)4-5-18/h1-3,6,9-10,15,18H,4-5,7-8H2. The van der Waals surface area contributed by atoms with Crippen molar-refractivity contribution in [3.63, 3.8) is 0 Å². The van der Waals surface area contributed by atoms with E-state index in [4.69, 9.17) is 5.11 Å². The van der Waals surface area contributed by atoms with E-state index in [0.717, 1.165) is 23.1 Å². The van der Waals surface area contributed by atoms with Gasteiger partial charge in [0.15, 0.2) is 0 Å². The van der Waals surface area contributed by atoms with Crippen molar-refractivity contribution in [2.75, 3.05) is 6.61 Å².